The second-order valence-corrected chi connectivity index (χ2v) is 12.2. The van der Waals surface area contributed by atoms with Crippen LogP contribution < -0.4 is 15.0 Å². The van der Waals surface area contributed by atoms with E-state index in [-0.39, 0.29) is 29.5 Å². The first kappa shape index (κ1) is 32.2. The van der Waals surface area contributed by atoms with Gasteiger partial charge in [0.1, 0.15) is 12.4 Å². The van der Waals surface area contributed by atoms with Gasteiger partial charge >= 0.3 is 5.69 Å². The maximum absolute atomic E-state index is 13.9. The highest BCUT2D eigenvalue weighted by molar-refractivity contribution is 9.10. The molecule has 5 aromatic rings. The zero-order valence-corrected chi connectivity index (χ0v) is 27.8. The zero-order valence-electron chi connectivity index (χ0n) is 24.7. The molecule has 0 saturated heterocycles. The number of benzene rings is 4. The number of nitro benzene ring substituents is 1. The summed E-state index contributed by atoms with van der Waals surface area (Å²) in [7, 11) is 1.62. The van der Waals surface area contributed by atoms with Crippen LogP contribution >= 0.6 is 39.1 Å². The van der Waals surface area contributed by atoms with Crippen LogP contribution in [0.1, 0.15) is 42.0 Å². The number of halogens is 3. The van der Waals surface area contributed by atoms with Crippen LogP contribution in [0.2, 0.25) is 10.0 Å². The molecule has 0 fully saturated rings. The van der Waals surface area contributed by atoms with E-state index in [9.17, 15) is 14.9 Å². The van der Waals surface area contributed by atoms with E-state index in [0.29, 0.717) is 42.4 Å². The van der Waals surface area contributed by atoms with E-state index >= 15 is 0 Å². The lowest BCUT2D eigenvalue weighted by atomic mass is 9.96. The molecule has 0 radical (unpaired) electrons. The molecule has 0 spiro atoms. The van der Waals surface area contributed by atoms with Gasteiger partial charge in [-0.05, 0) is 72.0 Å². The van der Waals surface area contributed by atoms with Crippen molar-refractivity contribution in [2.24, 2.45) is 5.10 Å². The van der Waals surface area contributed by atoms with E-state index in [1.807, 2.05) is 25.1 Å². The number of aromatic nitrogens is 2. The molecule has 0 bridgehead atoms. The van der Waals surface area contributed by atoms with Crippen LogP contribution in [0.4, 0.5) is 5.69 Å². The number of methoxy groups -OCH3 is 1. The van der Waals surface area contributed by atoms with Crippen molar-refractivity contribution < 1.29 is 14.4 Å². The van der Waals surface area contributed by atoms with Crippen molar-refractivity contribution in [3.8, 4) is 22.9 Å². The minimum absolute atomic E-state index is 0.0358. The number of rotatable bonds is 9. The summed E-state index contributed by atoms with van der Waals surface area (Å²) < 4.78 is 13.2. The number of nitrogens with zero attached hydrogens (tertiary/aromatic N) is 4. The van der Waals surface area contributed by atoms with Crippen LogP contribution in [0, 0.1) is 17.0 Å². The SMILES string of the molecule is COc1cc(C)c(-c2nc3ccccc3c(=O)n2N=Cc2cc(Br)cc([N+](=O)[O-])c2OCc2ccc(Cl)c(Cl)c2)cc1C(C)C. The molecular weight excluding hydrogens is 683 g/mol. The molecule has 9 nitrogen and oxygen atoms in total. The van der Waals surface area contributed by atoms with E-state index in [4.69, 9.17) is 37.7 Å². The van der Waals surface area contributed by atoms with Gasteiger partial charge in [0.25, 0.3) is 5.56 Å². The van der Waals surface area contributed by atoms with Crippen LogP contribution in [0.25, 0.3) is 22.3 Å². The van der Waals surface area contributed by atoms with E-state index < -0.39 is 10.5 Å². The van der Waals surface area contributed by atoms with E-state index in [0.717, 1.165) is 16.9 Å². The fourth-order valence-electron chi connectivity index (χ4n) is 4.87. The van der Waals surface area contributed by atoms with Crippen LogP contribution in [0.3, 0.4) is 0 Å². The predicted octanol–water partition coefficient (Wildman–Crippen LogP) is 8.94. The fraction of sp³-hybridized carbons (Fsp3) is 0.182. The molecule has 0 amide bonds. The van der Waals surface area contributed by atoms with E-state index in [2.05, 4.69) is 34.9 Å². The molecule has 0 aliphatic rings. The Labute approximate surface area is 277 Å². The zero-order chi connectivity index (χ0) is 32.4. The molecule has 4 aromatic carbocycles. The Bertz CT molecular complexity index is 2050. The molecular formula is C33H27BrCl2N4O5. The topological polar surface area (TPSA) is 109 Å². The lowest BCUT2D eigenvalue weighted by Gasteiger charge is -2.17. The van der Waals surface area contributed by atoms with Gasteiger partial charge in [-0.2, -0.15) is 9.78 Å². The monoisotopic (exact) mass is 708 g/mol. The Morgan fingerprint density at radius 1 is 1.09 bits per heavy atom. The molecule has 12 heteroatoms. The highest BCUT2D eigenvalue weighted by atomic mass is 79.9. The lowest BCUT2D eigenvalue weighted by Crippen LogP contribution is -2.21. The normalized spacial score (nSPS) is 11.5. The molecule has 0 unspecified atom stereocenters. The summed E-state index contributed by atoms with van der Waals surface area (Å²) in [6.07, 6.45) is 1.35. The molecule has 0 N–H and O–H groups in total. The smallest absolute Gasteiger partial charge is 0.312 e. The maximum atomic E-state index is 13.9. The molecule has 0 saturated carbocycles. The van der Waals surface area contributed by atoms with E-state index in [1.165, 1.54) is 17.0 Å². The molecule has 230 valence electrons. The van der Waals surface area contributed by atoms with Gasteiger partial charge in [-0.15, -0.1) is 0 Å². The number of hydrogen-bond donors (Lipinski definition) is 0. The van der Waals surface area contributed by atoms with Crippen molar-refractivity contribution in [3.63, 3.8) is 0 Å². The molecule has 1 heterocycles. The molecule has 45 heavy (non-hydrogen) atoms. The third-order valence-electron chi connectivity index (χ3n) is 7.13. The average Bonchev–Trinajstić information content (AvgIpc) is 3.01. The number of para-hydroxylation sites is 1. The number of ether oxygens (including phenoxy) is 2. The molecule has 0 aliphatic heterocycles. The highest BCUT2D eigenvalue weighted by Crippen LogP contribution is 2.36. The Morgan fingerprint density at radius 2 is 1.84 bits per heavy atom. The Kier molecular flexibility index (Phi) is 9.57. The van der Waals surface area contributed by atoms with Gasteiger partial charge in [-0.1, -0.05) is 71.2 Å². The van der Waals surface area contributed by atoms with Crippen molar-refractivity contribution in [3.05, 3.63) is 124 Å². The van der Waals surface area contributed by atoms with Crippen LogP contribution in [-0.4, -0.2) is 27.9 Å². The predicted molar refractivity (Wildman–Crippen MR) is 181 cm³/mol. The van der Waals surface area contributed by atoms with Crippen molar-refractivity contribution in [1.29, 1.82) is 0 Å². The van der Waals surface area contributed by atoms with Crippen molar-refractivity contribution >= 4 is 61.9 Å². The standard InChI is InChI=1S/C33H27BrCl2N4O5/c1-18(2)24-15-25(19(3)11-30(24)44-4)32-38-28-8-6-5-7-23(28)33(41)39(32)37-16-21-13-22(34)14-29(40(42)43)31(21)45-17-20-9-10-26(35)27(36)12-20/h5-16,18H,17H2,1-4H3. The third kappa shape index (κ3) is 6.73. The summed E-state index contributed by atoms with van der Waals surface area (Å²) in [4.78, 5) is 30.3. The summed E-state index contributed by atoms with van der Waals surface area (Å²) in [6.45, 7) is 5.97. The number of aryl methyl sites for hydroxylation is 1. The Balaban J connectivity index is 1.69. The molecule has 5 rings (SSSR count). The second-order valence-electron chi connectivity index (χ2n) is 10.5. The van der Waals surface area contributed by atoms with Crippen molar-refractivity contribution in [1.82, 2.24) is 9.66 Å². The highest BCUT2D eigenvalue weighted by Gasteiger charge is 2.22. The Hall–Kier alpha value is -4.25. The van der Waals surface area contributed by atoms with Gasteiger partial charge in [0.15, 0.2) is 5.82 Å². The summed E-state index contributed by atoms with van der Waals surface area (Å²) in [5, 5.41) is 17.7. The van der Waals surface area contributed by atoms with Gasteiger partial charge in [-0.3, -0.25) is 14.9 Å². The molecule has 0 atom stereocenters. The minimum Gasteiger partial charge on any atom is -0.496 e. The number of fused-ring (bicyclic) bond motifs is 1. The summed E-state index contributed by atoms with van der Waals surface area (Å²) in [6, 6.07) is 18.8. The van der Waals surface area contributed by atoms with Gasteiger partial charge < -0.3 is 9.47 Å². The van der Waals surface area contributed by atoms with Crippen molar-refractivity contribution in [2.45, 2.75) is 33.3 Å². The first-order valence-corrected chi connectivity index (χ1v) is 15.3. The molecule has 0 aliphatic carbocycles. The first-order chi connectivity index (χ1) is 21.5. The number of nitro groups is 1. The Morgan fingerprint density at radius 3 is 2.53 bits per heavy atom. The van der Waals surface area contributed by atoms with Crippen LogP contribution in [0.15, 0.2) is 81.1 Å². The first-order valence-electron chi connectivity index (χ1n) is 13.8. The van der Waals surface area contributed by atoms with Crippen LogP contribution in [-0.2, 0) is 6.61 Å². The summed E-state index contributed by atoms with van der Waals surface area (Å²) in [5.74, 6) is 1.12. The van der Waals surface area contributed by atoms with Crippen molar-refractivity contribution in [2.75, 3.05) is 7.11 Å². The summed E-state index contributed by atoms with van der Waals surface area (Å²) >= 11 is 15.5. The lowest BCUT2D eigenvalue weighted by molar-refractivity contribution is -0.386. The van der Waals surface area contributed by atoms with E-state index in [1.54, 1.807) is 49.6 Å². The molecule has 1 aromatic heterocycles. The van der Waals surface area contributed by atoms with Gasteiger partial charge in [0.05, 0.1) is 39.2 Å². The maximum Gasteiger partial charge on any atom is 0.312 e. The van der Waals surface area contributed by atoms with Gasteiger partial charge in [0, 0.05) is 21.7 Å². The average molecular weight is 710 g/mol. The van der Waals surface area contributed by atoms with Crippen LogP contribution in [0.5, 0.6) is 11.5 Å². The number of hydrogen-bond acceptors (Lipinski definition) is 7. The fourth-order valence-corrected chi connectivity index (χ4v) is 5.65. The third-order valence-corrected chi connectivity index (χ3v) is 8.33. The van der Waals surface area contributed by atoms with Gasteiger partial charge in [-0.25, -0.2) is 4.98 Å². The largest absolute Gasteiger partial charge is 0.496 e. The quantitative estimate of drug-likeness (QED) is 0.0859. The van der Waals surface area contributed by atoms with Gasteiger partial charge in [0.2, 0.25) is 5.75 Å². The second kappa shape index (κ2) is 13.4. The summed E-state index contributed by atoms with van der Waals surface area (Å²) in [5.41, 5.74) is 3.18. The minimum atomic E-state index is -0.546.